The smallest absolute Gasteiger partial charge is 0.387 e. The first kappa shape index (κ1) is 15.7. The van der Waals surface area contributed by atoms with E-state index in [-0.39, 0.29) is 5.75 Å². The van der Waals surface area contributed by atoms with Crippen LogP contribution in [0.4, 0.5) is 8.78 Å². The van der Waals surface area contributed by atoms with Crippen molar-refractivity contribution in [2.24, 2.45) is 0 Å². The molecule has 0 aliphatic heterocycles. The van der Waals surface area contributed by atoms with Crippen molar-refractivity contribution in [3.05, 3.63) is 41.2 Å². The van der Waals surface area contributed by atoms with Crippen molar-refractivity contribution in [2.45, 2.75) is 26.1 Å². The summed E-state index contributed by atoms with van der Waals surface area (Å²) < 4.78 is 30.8. The number of ether oxygens (including phenoxy) is 1. The Morgan fingerprint density at radius 2 is 2.24 bits per heavy atom. The molecular weight excluding hydrogens is 302 g/mol. The summed E-state index contributed by atoms with van der Waals surface area (Å²) in [6.45, 7) is -0.999. The van der Waals surface area contributed by atoms with E-state index in [1.165, 1.54) is 12.1 Å². The minimum atomic E-state index is -2.85. The summed E-state index contributed by atoms with van der Waals surface area (Å²) in [7, 11) is 0. The molecule has 114 valence electrons. The van der Waals surface area contributed by atoms with Gasteiger partial charge < -0.3 is 10.1 Å². The summed E-state index contributed by atoms with van der Waals surface area (Å²) in [4.78, 5) is 0. The van der Waals surface area contributed by atoms with Crippen molar-refractivity contribution in [1.82, 2.24) is 20.3 Å². The number of nitrogens with one attached hydrogen (secondary N) is 1. The monoisotopic (exact) mass is 316 g/mol. The Bertz CT molecular complexity index is 551. The fourth-order valence-electron chi connectivity index (χ4n) is 1.84. The molecule has 1 aromatic heterocycles. The lowest BCUT2D eigenvalue weighted by Crippen LogP contribution is -2.17. The fourth-order valence-corrected chi connectivity index (χ4v) is 2.03. The molecule has 1 aromatic carbocycles. The Labute approximate surface area is 125 Å². The highest BCUT2D eigenvalue weighted by Crippen LogP contribution is 2.24. The van der Waals surface area contributed by atoms with Crippen LogP contribution in [0.25, 0.3) is 0 Å². The summed E-state index contributed by atoms with van der Waals surface area (Å²) in [5.74, 6) is 0.137. The molecule has 1 N–H and O–H groups in total. The maximum atomic E-state index is 12.3. The van der Waals surface area contributed by atoms with E-state index in [0.717, 1.165) is 13.0 Å². The lowest BCUT2D eigenvalue weighted by atomic mass is 10.2. The van der Waals surface area contributed by atoms with Crippen molar-refractivity contribution in [1.29, 1.82) is 0 Å². The van der Waals surface area contributed by atoms with E-state index in [4.69, 9.17) is 11.6 Å². The first-order chi connectivity index (χ1) is 10.1. The van der Waals surface area contributed by atoms with Crippen molar-refractivity contribution >= 4 is 11.6 Å². The number of hydrogen-bond acceptors (Lipinski definition) is 4. The summed E-state index contributed by atoms with van der Waals surface area (Å²) in [6.07, 6.45) is 4.24. The van der Waals surface area contributed by atoms with E-state index in [2.05, 4.69) is 20.4 Å². The van der Waals surface area contributed by atoms with Gasteiger partial charge in [-0.2, -0.15) is 8.78 Å². The van der Waals surface area contributed by atoms with E-state index in [0.29, 0.717) is 23.7 Å². The minimum absolute atomic E-state index is 0.137. The van der Waals surface area contributed by atoms with Gasteiger partial charge in [0.1, 0.15) is 5.75 Å². The number of halogens is 3. The van der Waals surface area contributed by atoms with Gasteiger partial charge in [0, 0.05) is 29.9 Å². The number of aryl methyl sites for hydroxylation is 1. The Morgan fingerprint density at radius 3 is 2.95 bits per heavy atom. The molecular formula is C13H15ClF2N4O. The third-order valence-corrected chi connectivity index (χ3v) is 3.00. The molecule has 0 saturated carbocycles. The fraction of sp³-hybridized carbons (Fsp3) is 0.385. The number of hydrogen-bond donors (Lipinski definition) is 1. The van der Waals surface area contributed by atoms with E-state index >= 15 is 0 Å². The van der Waals surface area contributed by atoms with Crippen LogP contribution in [0.5, 0.6) is 5.75 Å². The molecule has 0 atom stereocenters. The second-order valence-corrected chi connectivity index (χ2v) is 4.76. The third kappa shape index (κ3) is 5.28. The van der Waals surface area contributed by atoms with Crippen LogP contribution in [-0.2, 0) is 13.1 Å². The molecule has 0 unspecified atom stereocenters. The van der Waals surface area contributed by atoms with Gasteiger partial charge >= 0.3 is 6.61 Å². The average Bonchev–Trinajstić information content (AvgIpc) is 2.94. The topological polar surface area (TPSA) is 52.0 Å². The van der Waals surface area contributed by atoms with Gasteiger partial charge in [-0.3, -0.25) is 4.68 Å². The molecule has 1 heterocycles. The minimum Gasteiger partial charge on any atom is -0.434 e. The predicted molar refractivity (Wildman–Crippen MR) is 74.4 cm³/mol. The molecule has 0 aliphatic carbocycles. The zero-order valence-corrected chi connectivity index (χ0v) is 11.9. The first-order valence-electron chi connectivity index (χ1n) is 6.43. The molecule has 0 fully saturated rings. The van der Waals surface area contributed by atoms with Gasteiger partial charge in [-0.1, -0.05) is 16.8 Å². The molecule has 5 nitrogen and oxygen atoms in total. The van der Waals surface area contributed by atoms with E-state index in [9.17, 15) is 8.78 Å². The van der Waals surface area contributed by atoms with Crippen molar-refractivity contribution in [3.63, 3.8) is 0 Å². The van der Waals surface area contributed by atoms with Gasteiger partial charge in [-0.05, 0) is 31.2 Å². The maximum absolute atomic E-state index is 12.3. The molecule has 0 bridgehead atoms. The van der Waals surface area contributed by atoms with Gasteiger partial charge in [0.2, 0.25) is 0 Å². The van der Waals surface area contributed by atoms with Gasteiger partial charge in [-0.25, -0.2) is 0 Å². The molecule has 21 heavy (non-hydrogen) atoms. The molecule has 0 saturated heterocycles. The quantitative estimate of drug-likeness (QED) is 0.761. The molecule has 0 aliphatic rings. The summed E-state index contributed by atoms with van der Waals surface area (Å²) >= 11 is 5.87. The number of benzene rings is 1. The Morgan fingerprint density at radius 1 is 1.38 bits per heavy atom. The highest BCUT2D eigenvalue weighted by atomic mass is 35.5. The number of rotatable bonds is 8. The largest absolute Gasteiger partial charge is 0.434 e. The normalized spacial score (nSPS) is 11.0. The van der Waals surface area contributed by atoms with Crippen LogP contribution < -0.4 is 10.1 Å². The summed E-state index contributed by atoms with van der Waals surface area (Å²) in [5.41, 5.74) is 0.601. The molecule has 0 spiro atoms. The van der Waals surface area contributed by atoms with E-state index < -0.39 is 6.61 Å². The van der Waals surface area contributed by atoms with Gasteiger partial charge in [0.15, 0.2) is 0 Å². The summed E-state index contributed by atoms with van der Waals surface area (Å²) in [6, 6.07) is 4.58. The van der Waals surface area contributed by atoms with Crippen LogP contribution in [0.3, 0.4) is 0 Å². The SMILES string of the molecule is FC(F)Oc1ccc(Cl)cc1CNCCCn1ccnn1. The summed E-state index contributed by atoms with van der Waals surface area (Å²) in [5, 5.41) is 11.2. The third-order valence-electron chi connectivity index (χ3n) is 2.77. The van der Waals surface area contributed by atoms with Crippen LogP contribution in [0.15, 0.2) is 30.6 Å². The second-order valence-electron chi connectivity index (χ2n) is 4.33. The zero-order chi connectivity index (χ0) is 15.1. The van der Waals surface area contributed by atoms with Crippen LogP contribution in [0, 0.1) is 0 Å². The lowest BCUT2D eigenvalue weighted by molar-refractivity contribution is -0.0504. The highest BCUT2D eigenvalue weighted by molar-refractivity contribution is 6.30. The van der Waals surface area contributed by atoms with E-state index in [1.54, 1.807) is 23.1 Å². The van der Waals surface area contributed by atoms with Crippen LogP contribution in [-0.4, -0.2) is 28.2 Å². The Hall–Kier alpha value is -1.73. The standard InChI is InChI=1S/C13H15ClF2N4O/c14-11-2-3-12(21-13(15)16)10(8-11)9-17-4-1-6-20-7-5-18-19-20/h2-3,5,7-8,13,17H,1,4,6,9H2. The first-order valence-corrected chi connectivity index (χ1v) is 6.81. The van der Waals surface area contributed by atoms with Crippen LogP contribution in [0.1, 0.15) is 12.0 Å². The number of aromatic nitrogens is 3. The predicted octanol–water partition coefficient (Wildman–Crippen LogP) is 2.71. The van der Waals surface area contributed by atoms with Crippen molar-refractivity contribution < 1.29 is 13.5 Å². The van der Waals surface area contributed by atoms with Gasteiger partial charge in [-0.15, -0.1) is 5.10 Å². The van der Waals surface area contributed by atoms with Crippen LogP contribution in [0.2, 0.25) is 5.02 Å². The molecule has 2 aromatic rings. The molecule has 8 heteroatoms. The van der Waals surface area contributed by atoms with Gasteiger partial charge in [0.05, 0.1) is 6.20 Å². The number of alkyl halides is 2. The van der Waals surface area contributed by atoms with Crippen molar-refractivity contribution in [2.75, 3.05) is 6.54 Å². The maximum Gasteiger partial charge on any atom is 0.387 e. The molecule has 0 amide bonds. The van der Waals surface area contributed by atoms with E-state index in [1.807, 2.05) is 0 Å². The Kier molecular flexibility index (Phi) is 5.89. The Balaban J connectivity index is 1.80. The highest BCUT2D eigenvalue weighted by Gasteiger charge is 2.09. The average molecular weight is 317 g/mol. The number of nitrogens with zero attached hydrogens (tertiary/aromatic N) is 3. The second kappa shape index (κ2) is 7.90. The molecule has 2 rings (SSSR count). The van der Waals surface area contributed by atoms with Crippen molar-refractivity contribution in [3.8, 4) is 5.75 Å². The van der Waals surface area contributed by atoms with Crippen LogP contribution >= 0.6 is 11.6 Å². The van der Waals surface area contributed by atoms with Gasteiger partial charge in [0.25, 0.3) is 0 Å². The lowest BCUT2D eigenvalue weighted by Gasteiger charge is -2.12. The molecule has 0 radical (unpaired) electrons. The zero-order valence-electron chi connectivity index (χ0n) is 11.2.